The van der Waals surface area contributed by atoms with Crippen LogP contribution in [0.15, 0.2) is 95.0 Å². The monoisotopic (exact) mass is 537 g/mol. The van der Waals surface area contributed by atoms with Gasteiger partial charge in [0.1, 0.15) is 5.25 Å². The van der Waals surface area contributed by atoms with E-state index in [4.69, 9.17) is 12.2 Å². The molecule has 4 rings (SSSR count). The fraction of sp³-hybridized carbons (Fsp3) is 0.120. The van der Waals surface area contributed by atoms with E-state index in [0.29, 0.717) is 15.4 Å². The molecule has 0 saturated heterocycles. The fourth-order valence-electron chi connectivity index (χ4n) is 3.09. The van der Waals surface area contributed by atoms with Crippen molar-refractivity contribution in [3.05, 3.63) is 90.5 Å². The maximum absolute atomic E-state index is 13.2. The Hall–Kier alpha value is -2.92. The van der Waals surface area contributed by atoms with Crippen LogP contribution in [0.5, 0.6) is 0 Å². The third-order valence-electron chi connectivity index (χ3n) is 4.65. The van der Waals surface area contributed by atoms with Gasteiger partial charge in [-0.25, -0.2) is 0 Å². The van der Waals surface area contributed by atoms with E-state index in [0.717, 1.165) is 27.6 Å². The van der Waals surface area contributed by atoms with E-state index < -0.39 is 5.25 Å². The maximum atomic E-state index is 13.2. The molecule has 3 aromatic carbocycles. The number of benzene rings is 3. The summed E-state index contributed by atoms with van der Waals surface area (Å²) in [4.78, 5) is 18.6. The zero-order valence-electron chi connectivity index (χ0n) is 18.8. The first kappa shape index (κ1) is 25.2. The van der Waals surface area contributed by atoms with Gasteiger partial charge in [0.25, 0.3) is 0 Å². The number of amides is 1. The van der Waals surface area contributed by atoms with Gasteiger partial charge in [0, 0.05) is 27.8 Å². The quantitative estimate of drug-likeness (QED) is 0.157. The highest BCUT2D eigenvalue weighted by Gasteiger charge is 2.23. The number of nitrogens with zero attached hydrogens (tertiary/aromatic N) is 2. The Bertz CT molecular complexity index is 1250. The second-order valence-electron chi connectivity index (χ2n) is 7.18. The summed E-state index contributed by atoms with van der Waals surface area (Å²) >= 11 is 9.63. The van der Waals surface area contributed by atoms with Gasteiger partial charge in [0.2, 0.25) is 16.2 Å². The zero-order valence-corrected chi connectivity index (χ0v) is 22.1. The molecule has 0 aliphatic heterocycles. The Labute approximate surface area is 222 Å². The van der Waals surface area contributed by atoms with Crippen molar-refractivity contribution >= 4 is 74.8 Å². The molecule has 6 nitrogen and oxygen atoms in total. The van der Waals surface area contributed by atoms with Crippen molar-refractivity contribution in [1.29, 1.82) is 0 Å². The average Bonchev–Trinajstić information content (AvgIpc) is 3.31. The van der Waals surface area contributed by atoms with Gasteiger partial charge in [-0.3, -0.25) is 10.1 Å². The van der Waals surface area contributed by atoms with Gasteiger partial charge in [-0.2, -0.15) is 9.36 Å². The third-order valence-corrected chi connectivity index (χ3v) is 7.60. The number of aromatic nitrogens is 2. The van der Waals surface area contributed by atoms with Gasteiger partial charge in [-0.05, 0) is 59.9 Å². The van der Waals surface area contributed by atoms with Crippen LogP contribution in [0.2, 0.25) is 0 Å². The van der Waals surface area contributed by atoms with E-state index >= 15 is 0 Å². The summed E-state index contributed by atoms with van der Waals surface area (Å²) in [5, 5.41) is 10.5. The second kappa shape index (κ2) is 12.7. The molecule has 35 heavy (non-hydrogen) atoms. The molecule has 0 aliphatic rings. The van der Waals surface area contributed by atoms with Gasteiger partial charge in [-0.1, -0.05) is 67.2 Å². The summed E-state index contributed by atoms with van der Waals surface area (Å²) in [7, 11) is 0. The number of carbonyl (C=O) groups excluding carboxylic acids is 1. The number of hydrogen-bond acceptors (Lipinski definition) is 7. The number of thiocarbonyl (C=S) groups is 1. The van der Waals surface area contributed by atoms with Crippen LogP contribution >= 0.6 is 47.3 Å². The maximum Gasteiger partial charge on any atom is 0.244 e. The molecule has 0 saturated carbocycles. The minimum Gasteiger partial charge on any atom is -0.332 e. The number of para-hydroxylation sites is 1. The average molecular weight is 538 g/mol. The smallest absolute Gasteiger partial charge is 0.244 e. The normalized spacial score (nSPS) is 11.5. The Balaban J connectivity index is 1.43. The van der Waals surface area contributed by atoms with Crippen molar-refractivity contribution in [2.75, 3.05) is 21.7 Å². The molecule has 3 N–H and O–H groups in total. The van der Waals surface area contributed by atoms with Crippen molar-refractivity contribution in [3.63, 3.8) is 0 Å². The Kier molecular flexibility index (Phi) is 9.13. The standard InChI is InChI=1S/C25H23N5OS4/c1-2-33-25-29-24(35-30-25)28-22(31)21(17-9-5-3-6-10-17)34-20-15-13-19(14-16-20)27-23(32)26-18-11-7-4-8-12-18/h3-16,21H,2H2,1H3,(H2,26,27,32)(H,28,29,30,31). The van der Waals surface area contributed by atoms with Crippen molar-refractivity contribution in [1.82, 2.24) is 9.36 Å². The molecule has 0 fully saturated rings. The lowest BCUT2D eigenvalue weighted by Gasteiger charge is -2.16. The largest absolute Gasteiger partial charge is 0.332 e. The Morgan fingerprint density at radius 1 is 0.914 bits per heavy atom. The first-order chi connectivity index (χ1) is 17.1. The van der Waals surface area contributed by atoms with Crippen molar-refractivity contribution < 1.29 is 4.79 Å². The molecular formula is C25H23N5OS4. The zero-order chi connectivity index (χ0) is 24.5. The van der Waals surface area contributed by atoms with Crippen LogP contribution in [-0.4, -0.2) is 26.1 Å². The van der Waals surface area contributed by atoms with Gasteiger partial charge in [0.15, 0.2) is 5.11 Å². The lowest BCUT2D eigenvalue weighted by Crippen LogP contribution is -2.19. The van der Waals surface area contributed by atoms with Gasteiger partial charge < -0.3 is 10.6 Å². The third kappa shape index (κ3) is 7.53. The summed E-state index contributed by atoms with van der Waals surface area (Å²) in [6.07, 6.45) is 0. The molecule has 1 heterocycles. The van der Waals surface area contributed by atoms with Crippen LogP contribution in [0, 0.1) is 0 Å². The molecule has 1 amide bonds. The number of thioether (sulfide) groups is 2. The lowest BCUT2D eigenvalue weighted by molar-refractivity contribution is -0.115. The molecule has 4 aromatic rings. The molecule has 1 unspecified atom stereocenters. The van der Waals surface area contributed by atoms with Crippen LogP contribution in [0.1, 0.15) is 17.7 Å². The topological polar surface area (TPSA) is 78.9 Å². The minimum atomic E-state index is -0.443. The molecule has 0 radical (unpaired) electrons. The highest BCUT2D eigenvalue weighted by atomic mass is 32.2. The second-order valence-corrected chi connectivity index (χ2v) is 10.8. The number of nitrogens with one attached hydrogen (secondary N) is 3. The van der Waals surface area contributed by atoms with Crippen molar-refractivity contribution in [3.8, 4) is 0 Å². The van der Waals surface area contributed by atoms with Crippen molar-refractivity contribution in [2.24, 2.45) is 0 Å². The minimum absolute atomic E-state index is 0.138. The molecule has 0 bridgehead atoms. The summed E-state index contributed by atoms with van der Waals surface area (Å²) < 4.78 is 4.28. The number of anilines is 3. The highest BCUT2D eigenvalue weighted by molar-refractivity contribution is 8.00. The SMILES string of the molecule is CCSc1nsc(NC(=O)C(Sc2ccc(NC(=S)Nc3ccccc3)cc2)c2ccccc2)n1. The molecule has 1 aromatic heterocycles. The van der Waals surface area contributed by atoms with Crippen LogP contribution in [0.4, 0.5) is 16.5 Å². The lowest BCUT2D eigenvalue weighted by atomic mass is 10.1. The molecule has 10 heteroatoms. The van der Waals surface area contributed by atoms with Crippen LogP contribution in [-0.2, 0) is 4.79 Å². The summed E-state index contributed by atoms with van der Waals surface area (Å²) in [5.74, 6) is 0.741. The summed E-state index contributed by atoms with van der Waals surface area (Å²) in [5.41, 5.74) is 2.70. The van der Waals surface area contributed by atoms with Gasteiger partial charge in [-0.15, -0.1) is 11.8 Å². The molecular weight excluding hydrogens is 515 g/mol. The summed E-state index contributed by atoms with van der Waals surface area (Å²) in [6.45, 7) is 2.04. The van der Waals surface area contributed by atoms with E-state index in [1.807, 2.05) is 91.9 Å². The number of hydrogen-bond donors (Lipinski definition) is 3. The Morgan fingerprint density at radius 3 is 2.20 bits per heavy atom. The van der Waals surface area contributed by atoms with Crippen LogP contribution < -0.4 is 16.0 Å². The molecule has 0 aliphatic carbocycles. The van der Waals surface area contributed by atoms with E-state index in [1.54, 1.807) is 11.8 Å². The summed E-state index contributed by atoms with van der Waals surface area (Å²) in [6, 6.07) is 27.3. The molecule has 178 valence electrons. The van der Waals surface area contributed by atoms with Crippen molar-refractivity contribution in [2.45, 2.75) is 22.2 Å². The molecule has 0 spiro atoms. The van der Waals surface area contributed by atoms with Gasteiger partial charge in [0.05, 0.1) is 0 Å². The van der Waals surface area contributed by atoms with Crippen LogP contribution in [0.25, 0.3) is 0 Å². The molecule has 1 atom stereocenters. The van der Waals surface area contributed by atoms with Gasteiger partial charge >= 0.3 is 0 Å². The first-order valence-electron chi connectivity index (χ1n) is 10.8. The highest BCUT2D eigenvalue weighted by Crippen LogP contribution is 2.37. The number of rotatable bonds is 9. The van der Waals surface area contributed by atoms with E-state index in [2.05, 4.69) is 25.3 Å². The van der Waals surface area contributed by atoms with Crippen LogP contribution in [0.3, 0.4) is 0 Å². The predicted molar refractivity (Wildman–Crippen MR) is 153 cm³/mol. The predicted octanol–water partition coefficient (Wildman–Crippen LogP) is 6.93. The first-order valence-corrected chi connectivity index (χ1v) is 13.9. The number of carbonyl (C=O) groups is 1. The van der Waals surface area contributed by atoms with E-state index in [1.165, 1.54) is 23.3 Å². The van der Waals surface area contributed by atoms with E-state index in [9.17, 15) is 4.79 Å². The Morgan fingerprint density at radius 2 is 1.54 bits per heavy atom. The van der Waals surface area contributed by atoms with E-state index in [-0.39, 0.29) is 5.91 Å². The fourth-order valence-corrected chi connectivity index (χ4v) is 5.62.